The molecule has 1 aromatic carbocycles. The van der Waals surface area contributed by atoms with Gasteiger partial charge in [-0.3, -0.25) is 4.79 Å². The fraction of sp³-hybridized carbons (Fsp3) is 0.533. The normalized spacial score (nSPS) is 15.8. The number of halogens is 1. The van der Waals surface area contributed by atoms with Gasteiger partial charge < -0.3 is 15.4 Å². The first kappa shape index (κ1) is 14.8. The minimum atomic E-state index is -0.484. The Hall–Kier alpha value is -1.62. The second-order valence-corrected chi connectivity index (χ2v) is 5.18. The Morgan fingerprint density at radius 2 is 2.25 bits per heavy atom. The van der Waals surface area contributed by atoms with Crippen LogP contribution in [0.4, 0.5) is 4.39 Å². The van der Waals surface area contributed by atoms with Crippen molar-refractivity contribution in [1.82, 2.24) is 4.90 Å². The van der Waals surface area contributed by atoms with Gasteiger partial charge in [-0.25, -0.2) is 4.39 Å². The van der Waals surface area contributed by atoms with E-state index in [9.17, 15) is 9.18 Å². The number of hydrogen-bond acceptors (Lipinski definition) is 3. The van der Waals surface area contributed by atoms with Gasteiger partial charge in [0.05, 0.1) is 0 Å². The molecule has 0 radical (unpaired) electrons. The number of nitrogens with zero attached hydrogens (tertiary/aromatic N) is 1. The zero-order valence-electron chi connectivity index (χ0n) is 11.9. The lowest BCUT2D eigenvalue weighted by molar-refractivity contribution is -0.133. The topological polar surface area (TPSA) is 55.6 Å². The van der Waals surface area contributed by atoms with Crippen molar-refractivity contribution in [2.75, 3.05) is 13.2 Å². The Balaban J connectivity index is 1.95. The Morgan fingerprint density at radius 3 is 2.75 bits per heavy atom. The van der Waals surface area contributed by atoms with E-state index in [1.54, 1.807) is 17.9 Å². The molecule has 110 valence electrons. The van der Waals surface area contributed by atoms with Crippen LogP contribution in [-0.4, -0.2) is 30.0 Å². The third-order valence-corrected chi connectivity index (χ3v) is 3.48. The number of nitrogens with two attached hydrogens (primary N) is 1. The van der Waals surface area contributed by atoms with E-state index >= 15 is 0 Å². The summed E-state index contributed by atoms with van der Waals surface area (Å²) >= 11 is 0. The maximum atomic E-state index is 13.8. The van der Waals surface area contributed by atoms with Crippen molar-refractivity contribution in [2.24, 2.45) is 5.73 Å². The van der Waals surface area contributed by atoms with E-state index < -0.39 is 5.82 Å². The second kappa shape index (κ2) is 6.22. The van der Waals surface area contributed by atoms with Crippen molar-refractivity contribution >= 4 is 5.91 Å². The molecule has 1 aliphatic rings. The smallest absolute Gasteiger partial charge is 0.260 e. The van der Waals surface area contributed by atoms with E-state index in [1.807, 2.05) is 6.92 Å². The van der Waals surface area contributed by atoms with Gasteiger partial charge in [-0.15, -0.1) is 0 Å². The highest BCUT2D eigenvalue weighted by molar-refractivity contribution is 5.78. The van der Waals surface area contributed by atoms with Crippen LogP contribution in [0.15, 0.2) is 18.2 Å². The molecule has 0 bridgehead atoms. The third-order valence-electron chi connectivity index (χ3n) is 3.48. The molecule has 0 saturated heterocycles. The molecule has 1 amide bonds. The van der Waals surface area contributed by atoms with Gasteiger partial charge >= 0.3 is 0 Å². The molecular formula is C15H21FN2O2. The van der Waals surface area contributed by atoms with Crippen LogP contribution in [0.3, 0.4) is 0 Å². The van der Waals surface area contributed by atoms with Gasteiger partial charge in [0.25, 0.3) is 5.91 Å². The highest BCUT2D eigenvalue weighted by Crippen LogP contribution is 2.27. The Labute approximate surface area is 118 Å². The first-order valence-corrected chi connectivity index (χ1v) is 7.00. The molecule has 0 heterocycles. The summed E-state index contributed by atoms with van der Waals surface area (Å²) in [6.07, 6.45) is 2.11. The van der Waals surface area contributed by atoms with Gasteiger partial charge in [0.1, 0.15) is 0 Å². The number of rotatable bonds is 6. The molecule has 1 atom stereocenters. The quantitative estimate of drug-likeness (QED) is 0.869. The fourth-order valence-electron chi connectivity index (χ4n) is 2.16. The van der Waals surface area contributed by atoms with Crippen LogP contribution in [0, 0.1) is 5.82 Å². The largest absolute Gasteiger partial charge is 0.481 e. The molecule has 1 aliphatic carbocycles. The summed E-state index contributed by atoms with van der Waals surface area (Å²) in [5, 5.41) is 0. The molecule has 1 fully saturated rings. The summed E-state index contributed by atoms with van der Waals surface area (Å²) < 4.78 is 19.1. The molecule has 0 spiro atoms. The van der Waals surface area contributed by atoms with E-state index in [2.05, 4.69) is 0 Å². The number of likely N-dealkylation sites (N-methyl/N-ethyl adjacent to an activating group) is 1. The fourth-order valence-corrected chi connectivity index (χ4v) is 2.16. The SMILES string of the molecule is CCN(C(=O)COc1ccc(C(C)N)cc1F)C1CC1. The van der Waals surface area contributed by atoms with Gasteiger partial charge in [0.15, 0.2) is 18.2 Å². The second-order valence-electron chi connectivity index (χ2n) is 5.18. The van der Waals surface area contributed by atoms with Crippen LogP contribution in [0.25, 0.3) is 0 Å². The molecule has 1 saturated carbocycles. The number of ether oxygens (including phenoxy) is 1. The van der Waals surface area contributed by atoms with Crippen molar-refractivity contribution in [2.45, 2.75) is 38.8 Å². The van der Waals surface area contributed by atoms with Crippen molar-refractivity contribution in [1.29, 1.82) is 0 Å². The zero-order valence-corrected chi connectivity index (χ0v) is 11.9. The molecule has 4 nitrogen and oxygen atoms in total. The Kier molecular flexibility index (Phi) is 4.60. The van der Waals surface area contributed by atoms with Gasteiger partial charge in [-0.2, -0.15) is 0 Å². The molecular weight excluding hydrogens is 259 g/mol. The molecule has 1 unspecified atom stereocenters. The number of benzene rings is 1. The standard InChI is InChI=1S/C15H21FN2O2/c1-3-18(12-5-6-12)15(19)9-20-14-7-4-11(10(2)17)8-13(14)16/h4,7-8,10,12H,3,5-6,9,17H2,1-2H3. The number of carbonyl (C=O) groups excluding carboxylic acids is 1. The van der Waals surface area contributed by atoms with Crippen LogP contribution in [0.2, 0.25) is 0 Å². The van der Waals surface area contributed by atoms with Crippen LogP contribution in [-0.2, 0) is 4.79 Å². The maximum absolute atomic E-state index is 13.8. The lowest BCUT2D eigenvalue weighted by Gasteiger charge is -2.20. The number of amides is 1. The molecule has 1 aromatic rings. The molecule has 0 aromatic heterocycles. The molecule has 0 aliphatic heterocycles. The van der Waals surface area contributed by atoms with Crippen LogP contribution in [0.1, 0.15) is 38.3 Å². The van der Waals surface area contributed by atoms with Crippen molar-refractivity contribution in [3.05, 3.63) is 29.6 Å². The summed E-state index contributed by atoms with van der Waals surface area (Å²) in [6.45, 7) is 4.26. The third kappa shape index (κ3) is 3.48. The van der Waals surface area contributed by atoms with E-state index in [1.165, 1.54) is 12.1 Å². The summed E-state index contributed by atoms with van der Waals surface area (Å²) in [7, 11) is 0. The lowest BCUT2D eigenvalue weighted by atomic mass is 10.1. The maximum Gasteiger partial charge on any atom is 0.260 e. The van der Waals surface area contributed by atoms with E-state index in [0.717, 1.165) is 12.8 Å². The average Bonchev–Trinajstić information content (AvgIpc) is 3.22. The molecule has 5 heteroatoms. The van der Waals surface area contributed by atoms with Crippen LogP contribution in [0.5, 0.6) is 5.75 Å². The first-order valence-electron chi connectivity index (χ1n) is 7.00. The van der Waals surface area contributed by atoms with Gasteiger partial charge in [-0.05, 0) is 44.4 Å². The Morgan fingerprint density at radius 1 is 1.55 bits per heavy atom. The number of hydrogen-bond donors (Lipinski definition) is 1. The summed E-state index contributed by atoms with van der Waals surface area (Å²) in [4.78, 5) is 13.8. The summed E-state index contributed by atoms with van der Waals surface area (Å²) in [5.41, 5.74) is 6.39. The molecule has 20 heavy (non-hydrogen) atoms. The zero-order chi connectivity index (χ0) is 14.7. The number of carbonyl (C=O) groups is 1. The highest BCUT2D eigenvalue weighted by Gasteiger charge is 2.31. The lowest BCUT2D eigenvalue weighted by Crippen LogP contribution is -2.36. The highest BCUT2D eigenvalue weighted by atomic mass is 19.1. The van der Waals surface area contributed by atoms with Crippen LogP contribution >= 0.6 is 0 Å². The van der Waals surface area contributed by atoms with Gasteiger partial charge in [0, 0.05) is 18.6 Å². The Bertz CT molecular complexity index is 487. The van der Waals surface area contributed by atoms with E-state index in [0.29, 0.717) is 18.2 Å². The predicted molar refractivity (Wildman–Crippen MR) is 74.9 cm³/mol. The summed E-state index contributed by atoms with van der Waals surface area (Å²) in [5.74, 6) is -0.484. The van der Waals surface area contributed by atoms with Crippen LogP contribution < -0.4 is 10.5 Å². The minimum absolute atomic E-state index is 0.0920. The van der Waals surface area contributed by atoms with E-state index in [4.69, 9.17) is 10.5 Å². The summed E-state index contributed by atoms with van der Waals surface area (Å²) in [6, 6.07) is 4.70. The van der Waals surface area contributed by atoms with Gasteiger partial charge in [0.2, 0.25) is 0 Å². The van der Waals surface area contributed by atoms with Gasteiger partial charge in [-0.1, -0.05) is 6.07 Å². The predicted octanol–water partition coefficient (Wildman–Crippen LogP) is 2.24. The van der Waals surface area contributed by atoms with Crippen molar-refractivity contribution in [3.8, 4) is 5.75 Å². The average molecular weight is 280 g/mol. The van der Waals surface area contributed by atoms with Crippen molar-refractivity contribution < 1.29 is 13.9 Å². The monoisotopic (exact) mass is 280 g/mol. The van der Waals surface area contributed by atoms with Crippen molar-refractivity contribution in [3.63, 3.8) is 0 Å². The van der Waals surface area contributed by atoms with E-state index in [-0.39, 0.29) is 24.3 Å². The molecule has 2 rings (SSSR count). The molecule has 2 N–H and O–H groups in total. The first-order chi connectivity index (χ1) is 9.52. The minimum Gasteiger partial charge on any atom is -0.481 e.